The summed E-state index contributed by atoms with van der Waals surface area (Å²) in [7, 11) is 0. The average Bonchev–Trinajstić information content (AvgIpc) is 3.15. The third kappa shape index (κ3) is 5.78. The molecule has 0 radical (unpaired) electrons. The van der Waals surface area contributed by atoms with E-state index < -0.39 is 0 Å². The largest absolute Gasteiger partial charge is 0.483 e. The maximum atomic E-state index is 12.9. The zero-order valence-corrected chi connectivity index (χ0v) is 17.4. The summed E-state index contributed by atoms with van der Waals surface area (Å²) in [6, 6.07) is 17.0. The van der Waals surface area contributed by atoms with Crippen LogP contribution in [0.5, 0.6) is 5.75 Å². The van der Waals surface area contributed by atoms with Gasteiger partial charge in [0.2, 0.25) is 0 Å². The summed E-state index contributed by atoms with van der Waals surface area (Å²) in [5.41, 5.74) is 3.12. The van der Waals surface area contributed by atoms with Gasteiger partial charge in [-0.05, 0) is 60.9 Å². The summed E-state index contributed by atoms with van der Waals surface area (Å²) >= 11 is 6.08. The highest BCUT2D eigenvalue weighted by atomic mass is 35.5. The van der Waals surface area contributed by atoms with E-state index in [9.17, 15) is 4.79 Å². The molecule has 1 aromatic heterocycles. The second-order valence-corrected chi connectivity index (χ2v) is 6.88. The Balaban J connectivity index is 0.00000280. The molecule has 4 nitrogen and oxygen atoms in total. The number of rotatable bonds is 7. The molecule has 0 spiro atoms. The molecule has 0 saturated carbocycles. The molecule has 0 saturated heterocycles. The number of carbonyl (C=O) groups excluding carboxylic acids is 1. The highest BCUT2D eigenvalue weighted by Gasteiger charge is 2.17. The lowest BCUT2D eigenvalue weighted by atomic mass is 10.1. The maximum absolute atomic E-state index is 12.9. The van der Waals surface area contributed by atoms with Crippen LogP contribution in [0.15, 0.2) is 65.3 Å². The summed E-state index contributed by atoms with van der Waals surface area (Å²) in [4.78, 5) is 14.6. The first-order valence-corrected chi connectivity index (χ1v) is 9.14. The predicted molar refractivity (Wildman–Crippen MR) is 113 cm³/mol. The Bertz CT molecular complexity index is 910. The van der Waals surface area contributed by atoms with E-state index in [1.807, 2.05) is 68.4 Å². The summed E-state index contributed by atoms with van der Waals surface area (Å²) in [5.74, 6) is 1.33. The van der Waals surface area contributed by atoms with Gasteiger partial charge in [-0.3, -0.25) is 4.79 Å². The van der Waals surface area contributed by atoms with Crippen LogP contribution in [0, 0.1) is 13.8 Å². The van der Waals surface area contributed by atoms with Crippen LogP contribution in [-0.2, 0) is 17.9 Å². The predicted octanol–water partition coefficient (Wildman–Crippen LogP) is 5.58. The number of amides is 1. The number of nitrogens with zero attached hydrogens (tertiary/aromatic N) is 1. The van der Waals surface area contributed by atoms with Crippen molar-refractivity contribution in [3.63, 3.8) is 0 Å². The monoisotopic (exact) mass is 419 g/mol. The number of furan rings is 1. The zero-order valence-electron chi connectivity index (χ0n) is 15.9. The van der Waals surface area contributed by atoms with Crippen molar-refractivity contribution >= 4 is 29.9 Å². The van der Waals surface area contributed by atoms with Gasteiger partial charge < -0.3 is 14.1 Å². The van der Waals surface area contributed by atoms with Crippen molar-refractivity contribution in [3.8, 4) is 5.75 Å². The maximum Gasteiger partial charge on any atom is 0.261 e. The molecule has 3 rings (SSSR count). The van der Waals surface area contributed by atoms with Gasteiger partial charge >= 0.3 is 0 Å². The molecule has 0 atom stereocenters. The molecule has 0 unspecified atom stereocenters. The standard InChI is InChI=1S/C22H22ClNO3.ClH/c1-16-6-3-10-21(17(16)2)27-15-22(25)24(14-20-9-5-11-26-20)13-18-7-4-8-19(23)12-18;/h3-12H,13-15H2,1-2H3;1H. The molecular formula is C22H23Cl2NO3. The fourth-order valence-corrected chi connectivity index (χ4v) is 3.00. The van der Waals surface area contributed by atoms with Gasteiger partial charge in [-0.15, -0.1) is 12.4 Å². The van der Waals surface area contributed by atoms with Crippen molar-refractivity contribution in [2.75, 3.05) is 6.61 Å². The van der Waals surface area contributed by atoms with Crippen molar-refractivity contribution in [1.29, 1.82) is 0 Å². The number of carbonyl (C=O) groups is 1. The van der Waals surface area contributed by atoms with E-state index in [0.29, 0.717) is 18.1 Å². The number of hydrogen-bond donors (Lipinski definition) is 0. The van der Waals surface area contributed by atoms with Crippen LogP contribution in [0.1, 0.15) is 22.5 Å². The topological polar surface area (TPSA) is 42.7 Å². The van der Waals surface area contributed by atoms with Crippen LogP contribution < -0.4 is 4.74 Å². The first kappa shape index (κ1) is 21.9. The lowest BCUT2D eigenvalue weighted by Gasteiger charge is -2.22. The molecule has 0 N–H and O–H groups in total. The first-order chi connectivity index (χ1) is 13.0. The van der Waals surface area contributed by atoms with Gasteiger partial charge in [0, 0.05) is 11.6 Å². The van der Waals surface area contributed by atoms with Crippen LogP contribution in [0.25, 0.3) is 0 Å². The van der Waals surface area contributed by atoms with Crippen molar-refractivity contribution in [1.82, 2.24) is 4.90 Å². The van der Waals surface area contributed by atoms with E-state index in [1.54, 1.807) is 11.2 Å². The molecule has 0 aliphatic heterocycles. The summed E-state index contributed by atoms with van der Waals surface area (Å²) < 4.78 is 11.2. The van der Waals surface area contributed by atoms with Crippen LogP contribution >= 0.6 is 24.0 Å². The lowest BCUT2D eigenvalue weighted by Crippen LogP contribution is -2.34. The summed E-state index contributed by atoms with van der Waals surface area (Å²) in [6.45, 7) is 4.77. The Kier molecular flexibility index (Phi) is 7.97. The third-order valence-corrected chi connectivity index (χ3v) is 4.68. The van der Waals surface area contributed by atoms with Gasteiger partial charge in [-0.1, -0.05) is 35.9 Å². The van der Waals surface area contributed by atoms with Gasteiger partial charge in [0.25, 0.3) is 5.91 Å². The van der Waals surface area contributed by atoms with Gasteiger partial charge in [-0.2, -0.15) is 0 Å². The SMILES string of the molecule is Cc1cccc(OCC(=O)N(Cc2cccc(Cl)c2)Cc2ccco2)c1C.Cl. The van der Waals surface area contributed by atoms with Crippen molar-refractivity contribution in [2.24, 2.45) is 0 Å². The molecule has 0 aliphatic carbocycles. The zero-order chi connectivity index (χ0) is 19.2. The van der Waals surface area contributed by atoms with Gasteiger partial charge in [0.05, 0.1) is 12.8 Å². The molecule has 6 heteroatoms. The number of ether oxygens (including phenoxy) is 1. The number of halogens is 2. The van der Waals surface area contributed by atoms with E-state index >= 15 is 0 Å². The van der Waals surface area contributed by atoms with Crippen LogP contribution in [0.3, 0.4) is 0 Å². The third-order valence-electron chi connectivity index (χ3n) is 4.45. The Morgan fingerprint density at radius 1 is 1.07 bits per heavy atom. The molecule has 1 amide bonds. The molecule has 0 fully saturated rings. The Hall–Kier alpha value is -2.43. The van der Waals surface area contributed by atoms with Crippen LogP contribution in [-0.4, -0.2) is 17.4 Å². The molecule has 148 valence electrons. The molecule has 3 aromatic rings. The summed E-state index contributed by atoms with van der Waals surface area (Å²) in [6.07, 6.45) is 1.60. The normalized spacial score (nSPS) is 10.2. The smallest absolute Gasteiger partial charge is 0.261 e. The minimum Gasteiger partial charge on any atom is -0.483 e. The van der Waals surface area contributed by atoms with Gasteiger partial charge in [0.15, 0.2) is 6.61 Å². The van der Waals surface area contributed by atoms with Crippen molar-refractivity contribution in [2.45, 2.75) is 26.9 Å². The molecule has 28 heavy (non-hydrogen) atoms. The average molecular weight is 420 g/mol. The minimum absolute atomic E-state index is 0. The second-order valence-electron chi connectivity index (χ2n) is 6.45. The van der Waals surface area contributed by atoms with E-state index in [-0.39, 0.29) is 24.9 Å². The van der Waals surface area contributed by atoms with E-state index in [1.165, 1.54) is 0 Å². The van der Waals surface area contributed by atoms with Crippen molar-refractivity contribution in [3.05, 3.63) is 88.3 Å². The first-order valence-electron chi connectivity index (χ1n) is 8.76. The quantitative estimate of drug-likeness (QED) is 0.501. The van der Waals surface area contributed by atoms with Gasteiger partial charge in [-0.25, -0.2) is 0 Å². The second kappa shape index (κ2) is 10.2. The van der Waals surface area contributed by atoms with Gasteiger partial charge in [0.1, 0.15) is 11.5 Å². The van der Waals surface area contributed by atoms with Crippen LogP contribution in [0.2, 0.25) is 5.02 Å². The Morgan fingerprint density at radius 3 is 2.57 bits per heavy atom. The molecule has 0 bridgehead atoms. The fourth-order valence-electron chi connectivity index (χ4n) is 2.79. The highest BCUT2D eigenvalue weighted by molar-refractivity contribution is 6.30. The minimum atomic E-state index is -0.118. The molecule has 0 aliphatic rings. The van der Waals surface area contributed by atoms with Crippen LogP contribution in [0.4, 0.5) is 0 Å². The highest BCUT2D eigenvalue weighted by Crippen LogP contribution is 2.21. The number of hydrogen-bond acceptors (Lipinski definition) is 3. The summed E-state index contributed by atoms with van der Waals surface area (Å²) in [5, 5.41) is 0.643. The lowest BCUT2D eigenvalue weighted by molar-refractivity contribution is -0.134. The number of benzene rings is 2. The van der Waals surface area contributed by atoms with E-state index in [2.05, 4.69) is 0 Å². The Morgan fingerprint density at radius 2 is 1.86 bits per heavy atom. The van der Waals surface area contributed by atoms with E-state index in [0.717, 1.165) is 28.2 Å². The Labute approximate surface area is 176 Å². The molecular weight excluding hydrogens is 397 g/mol. The fraction of sp³-hybridized carbons (Fsp3) is 0.227. The van der Waals surface area contributed by atoms with Crippen molar-refractivity contribution < 1.29 is 13.9 Å². The molecule has 2 aromatic carbocycles. The number of aryl methyl sites for hydroxylation is 1. The van der Waals surface area contributed by atoms with E-state index in [4.69, 9.17) is 20.8 Å². The molecule has 1 heterocycles.